The summed E-state index contributed by atoms with van der Waals surface area (Å²) in [5, 5.41) is 3.22. The van der Waals surface area contributed by atoms with Crippen LogP contribution in [0.25, 0.3) is 11.0 Å². The lowest BCUT2D eigenvalue weighted by Crippen LogP contribution is -2.03. The number of rotatable bonds is 0. The van der Waals surface area contributed by atoms with E-state index < -0.39 is 0 Å². The van der Waals surface area contributed by atoms with E-state index in [-0.39, 0.29) is 5.82 Å². The molecular weight excluding hydrogens is 193 g/mol. The third-order valence-electron chi connectivity index (χ3n) is 2.36. The van der Waals surface area contributed by atoms with Crippen molar-refractivity contribution in [2.75, 3.05) is 13.1 Å². The lowest BCUT2D eigenvalue weighted by Gasteiger charge is -1.86. The molecule has 0 atom stereocenters. The fraction of sp³-hybridized carbons (Fsp3) is 0.364. The zero-order valence-corrected chi connectivity index (χ0v) is 8.46. The summed E-state index contributed by atoms with van der Waals surface area (Å²) in [6.45, 7) is 2.50. The summed E-state index contributed by atoms with van der Waals surface area (Å²) in [5.74, 6) is -0.279. The van der Waals surface area contributed by atoms with Crippen LogP contribution < -0.4 is 5.32 Å². The third kappa shape index (κ3) is 2.53. The molecular formula is C11H14FN3. The Morgan fingerprint density at radius 2 is 2.00 bits per heavy atom. The van der Waals surface area contributed by atoms with Crippen LogP contribution in [0.5, 0.6) is 0 Å². The average molecular weight is 207 g/mol. The van der Waals surface area contributed by atoms with Gasteiger partial charge in [0.2, 0.25) is 0 Å². The first-order valence-electron chi connectivity index (χ1n) is 5.16. The zero-order valence-electron chi connectivity index (χ0n) is 8.46. The van der Waals surface area contributed by atoms with E-state index in [0.29, 0.717) is 5.52 Å². The van der Waals surface area contributed by atoms with Gasteiger partial charge >= 0.3 is 0 Å². The van der Waals surface area contributed by atoms with Gasteiger partial charge in [0, 0.05) is 0 Å². The molecule has 0 bridgehead atoms. The number of halogens is 1. The van der Waals surface area contributed by atoms with Crippen molar-refractivity contribution >= 4 is 11.0 Å². The minimum absolute atomic E-state index is 0.279. The molecule has 3 nitrogen and oxygen atoms in total. The second-order valence-electron chi connectivity index (χ2n) is 3.50. The average Bonchev–Trinajstić information content (AvgIpc) is 2.93. The third-order valence-corrected chi connectivity index (χ3v) is 2.36. The van der Waals surface area contributed by atoms with Crippen molar-refractivity contribution in [2.24, 2.45) is 0 Å². The van der Waals surface area contributed by atoms with E-state index in [1.165, 1.54) is 38.3 Å². The van der Waals surface area contributed by atoms with Gasteiger partial charge in [-0.1, -0.05) is 6.07 Å². The molecule has 1 aromatic heterocycles. The molecule has 0 amide bonds. The van der Waals surface area contributed by atoms with Crippen molar-refractivity contribution in [2.45, 2.75) is 12.8 Å². The predicted octanol–water partition coefficient (Wildman–Crippen LogP) is 2.07. The summed E-state index contributed by atoms with van der Waals surface area (Å²) >= 11 is 0. The predicted molar refractivity (Wildman–Crippen MR) is 58.2 cm³/mol. The normalized spacial score (nSPS) is 15.0. The number of hydrogen-bond donors (Lipinski definition) is 2. The van der Waals surface area contributed by atoms with Crippen LogP contribution in [0.4, 0.5) is 4.39 Å². The molecule has 3 rings (SSSR count). The summed E-state index contributed by atoms with van der Waals surface area (Å²) < 4.78 is 12.7. The van der Waals surface area contributed by atoms with Gasteiger partial charge in [0.15, 0.2) is 5.82 Å². The van der Waals surface area contributed by atoms with E-state index in [9.17, 15) is 4.39 Å². The van der Waals surface area contributed by atoms with Crippen molar-refractivity contribution in [1.82, 2.24) is 15.3 Å². The molecule has 2 N–H and O–H groups in total. The number of para-hydroxylation sites is 1. The van der Waals surface area contributed by atoms with Gasteiger partial charge in [-0.15, -0.1) is 0 Å². The molecule has 1 aliphatic rings. The molecule has 15 heavy (non-hydrogen) atoms. The minimum Gasteiger partial charge on any atom is -0.345 e. The topological polar surface area (TPSA) is 40.7 Å². The molecule has 1 aromatic carbocycles. The van der Waals surface area contributed by atoms with Crippen molar-refractivity contribution in [3.05, 3.63) is 30.3 Å². The van der Waals surface area contributed by atoms with E-state index in [2.05, 4.69) is 15.3 Å². The number of H-pyrrole nitrogens is 1. The molecule has 0 radical (unpaired) electrons. The molecule has 0 saturated carbocycles. The second kappa shape index (κ2) is 4.89. The Balaban J connectivity index is 0.000000144. The van der Waals surface area contributed by atoms with Crippen LogP contribution in [0.2, 0.25) is 0 Å². The molecule has 1 saturated heterocycles. The minimum atomic E-state index is -0.279. The molecule has 1 fully saturated rings. The standard InChI is InChI=1S/C7H5FN2.C4H9N/c8-5-2-1-3-6-7(5)10-4-9-6;1-2-4-5-3-1/h1-4H,(H,9,10);5H,1-4H2. The molecule has 4 heteroatoms. The van der Waals surface area contributed by atoms with Gasteiger partial charge in [0.1, 0.15) is 5.52 Å². The largest absolute Gasteiger partial charge is 0.345 e. The van der Waals surface area contributed by atoms with Crippen molar-refractivity contribution in [3.63, 3.8) is 0 Å². The van der Waals surface area contributed by atoms with Gasteiger partial charge in [-0.3, -0.25) is 0 Å². The van der Waals surface area contributed by atoms with Crippen LogP contribution in [0.3, 0.4) is 0 Å². The Morgan fingerprint density at radius 3 is 2.60 bits per heavy atom. The summed E-state index contributed by atoms with van der Waals surface area (Å²) in [6.07, 6.45) is 4.26. The quantitative estimate of drug-likeness (QED) is 0.694. The monoisotopic (exact) mass is 207 g/mol. The maximum absolute atomic E-state index is 12.7. The number of nitrogens with one attached hydrogen (secondary N) is 2. The Kier molecular flexibility index (Phi) is 3.29. The number of imidazole rings is 1. The SMILES string of the molecule is C1CCNC1.Fc1cccc2[nH]cnc12. The fourth-order valence-electron chi connectivity index (χ4n) is 1.55. The Hall–Kier alpha value is -1.42. The van der Waals surface area contributed by atoms with E-state index >= 15 is 0 Å². The highest BCUT2D eigenvalue weighted by molar-refractivity contribution is 5.74. The number of fused-ring (bicyclic) bond motifs is 1. The van der Waals surface area contributed by atoms with Crippen LogP contribution in [0.1, 0.15) is 12.8 Å². The summed E-state index contributed by atoms with van der Waals surface area (Å²) in [6, 6.07) is 4.82. The Morgan fingerprint density at radius 1 is 1.20 bits per heavy atom. The Labute approximate surface area is 87.7 Å². The van der Waals surface area contributed by atoms with Crippen LogP contribution in [-0.2, 0) is 0 Å². The highest BCUT2D eigenvalue weighted by Crippen LogP contribution is 2.11. The van der Waals surface area contributed by atoms with Crippen molar-refractivity contribution in [1.29, 1.82) is 0 Å². The van der Waals surface area contributed by atoms with Crippen molar-refractivity contribution in [3.8, 4) is 0 Å². The van der Waals surface area contributed by atoms with E-state index in [4.69, 9.17) is 0 Å². The first-order chi connectivity index (χ1) is 7.38. The van der Waals surface area contributed by atoms with E-state index in [1.807, 2.05) is 0 Å². The molecule has 0 unspecified atom stereocenters. The Bertz CT molecular complexity index is 413. The van der Waals surface area contributed by atoms with Gasteiger partial charge in [-0.25, -0.2) is 9.37 Å². The van der Waals surface area contributed by atoms with Crippen molar-refractivity contribution < 1.29 is 4.39 Å². The molecule has 2 aromatic rings. The number of hydrogen-bond acceptors (Lipinski definition) is 2. The second-order valence-corrected chi connectivity index (χ2v) is 3.50. The molecule has 2 heterocycles. The number of benzene rings is 1. The van der Waals surface area contributed by atoms with Gasteiger partial charge in [0.05, 0.1) is 11.8 Å². The lowest BCUT2D eigenvalue weighted by atomic mass is 10.3. The fourth-order valence-corrected chi connectivity index (χ4v) is 1.55. The molecule has 0 aliphatic carbocycles. The highest BCUT2D eigenvalue weighted by Gasteiger charge is 1.99. The van der Waals surface area contributed by atoms with E-state index in [1.54, 1.807) is 12.1 Å². The smallest absolute Gasteiger partial charge is 0.151 e. The maximum atomic E-state index is 12.7. The number of aromatic amines is 1. The van der Waals surface area contributed by atoms with Gasteiger partial charge in [0.25, 0.3) is 0 Å². The van der Waals surface area contributed by atoms with Gasteiger partial charge in [-0.2, -0.15) is 0 Å². The van der Waals surface area contributed by atoms with Crippen LogP contribution in [0.15, 0.2) is 24.5 Å². The van der Waals surface area contributed by atoms with Crippen LogP contribution >= 0.6 is 0 Å². The highest BCUT2D eigenvalue weighted by atomic mass is 19.1. The molecule has 1 aliphatic heterocycles. The molecule has 0 spiro atoms. The van der Waals surface area contributed by atoms with E-state index in [0.717, 1.165) is 5.52 Å². The number of nitrogens with zero attached hydrogens (tertiary/aromatic N) is 1. The summed E-state index contributed by atoms with van der Waals surface area (Å²) in [5.41, 5.74) is 1.14. The summed E-state index contributed by atoms with van der Waals surface area (Å²) in [4.78, 5) is 6.60. The molecule has 80 valence electrons. The van der Waals surface area contributed by atoms with Gasteiger partial charge < -0.3 is 10.3 Å². The summed E-state index contributed by atoms with van der Waals surface area (Å²) in [7, 11) is 0. The number of aromatic nitrogens is 2. The first kappa shape index (κ1) is 10.1. The maximum Gasteiger partial charge on any atom is 0.151 e. The lowest BCUT2D eigenvalue weighted by molar-refractivity contribution is 0.637. The van der Waals surface area contributed by atoms with Gasteiger partial charge in [-0.05, 0) is 38.1 Å². The van der Waals surface area contributed by atoms with Crippen LogP contribution in [0, 0.1) is 5.82 Å². The zero-order chi connectivity index (χ0) is 10.5. The first-order valence-corrected chi connectivity index (χ1v) is 5.16. The van der Waals surface area contributed by atoms with Crippen LogP contribution in [-0.4, -0.2) is 23.1 Å².